The van der Waals surface area contributed by atoms with Crippen molar-refractivity contribution in [3.8, 4) is 5.75 Å². The lowest BCUT2D eigenvalue weighted by molar-refractivity contribution is -0.142. The van der Waals surface area contributed by atoms with Gasteiger partial charge in [0, 0.05) is 0 Å². The summed E-state index contributed by atoms with van der Waals surface area (Å²) in [5, 5.41) is 12.2. The molecule has 0 fully saturated rings. The lowest BCUT2D eigenvalue weighted by Crippen LogP contribution is -2.42. The zero-order valence-corrected chi connectivity index (χ0v) is 16.0. The van der Waals surface area contributed by atoms with Crippen molar-refractivity contribution >= 4 is 24.4 Å². The smallest absolute Gasteiger partial charge is 0.310 e. The van der Waals surface area contributed by atoms with Gasteiger partial charge >= 0.3 is 5.97 Å². The maximum Gasteiger partial charge on any atom is 0.310 e. The van der Waals surface area contributed by atoms with E-state index >= 15 is 0 Å². The molecule has 130 valence electrons. The van der Waals surface area contributed by atoms with Crippen molar-refractivity contribution in [3.63, 3.8) is 0 Å². The molecule has 2 aromatic rings. The summed E-state index contributed by atoms with van der Waals surface area (Å²) in [6, 6.07) is 17.5. The van der Waals surface area contributed by atoms with Crippen LogP contribution in [-0.4, -0.2) is 25.8 Å². The number of benzene rings is 2. The summed E-state index contributed by atoms with van der Waals surface area (Å²) in [7, 11) is -2.05. The van der Waals surface area contributed by atoms with E-state index in [0.29, 0.717) is 6.61 Å². The average molecular weight is 353 g/mol. The minimum Gasteiger partial charge on any atom is -0.508 e. The monoisotopic (exact) mass is 352 g/mol. The van der Waals surface area contributed by atoms with Gasteiger partial charge in [-0.15, -0.1) is 5.73 Å². The second kappa shape index (κ2) is 8.52. The summed E-state index contributed by atoms with van der Waals surface area (Å²) < 4.78 is 4.97. The van der Waals surface area contributed by atoms with Crippen molar-refractivity contribution in [1.82, 2.24) is 0 Å². The van der Waals surface area contributed by atoms with Crippen LogP contribution in [0.5, 0.6) is 5.75 Å². The summed E-state index contributed by atoms with van der Waals surface area (Å²) in [4.78, 5) is 11.6. The summed E-state index contributed by atoms with van der Waals surface area (Å²) in [5.41, 5.74) is 4.26. The molecule has 0 spiro atoms. The van der Waals surface area contributed by atoms with Crippen LogP contribution in [-0.2, 0) is 9.53 Å². The zero-order valence-electron chi connectivity index (χ0n) is 15.0. The largest absolute Gasteiger partial charge is 0.508 e. The Balaban J connectivity index is 2.49. The third-order valence-electron chi connectivity index (χ3n) is 4.08. The lowest BCUT2D eigenvalue weighted by atomic mass is 10.2. The molecule has 0 atom stereocenters. The predicted octanol–water partition coefficient (Wildman–Crippen LogP) is 4.04. The molecule has 1 N–H and O–H groups in total. The van der Waals surface area contributed by atoms with Crippen molar-refractivity contribution in [2.24, 2.45) is 0 Å². The van der Waals surface area contributed by atoms with Gasteiger partial charge in [0.05, 0.1) is 13.0 Å². The highest BCUT2D eigenvalue weighted by Crippen LogP contribution is 2.27. The first-order chi connectivity index (χ1) is 11.9. The van der Waals surface area contributed by atoms with Gasteiger partial charge in [0.25, 0.3) is 0 Å². The quantitative estimate of drug-likeness (QED) is 0.485. The average Bonchev–Trinajstić information content (AvgIpc) is 2.59. The summed E-state index contributed by atoms with van der Waals surface area (Å²) in [6.45, 7) is 6.65. The molecule has 0 radical (unpaired) electrons. The number of esters is 1. The normalized spacial score (nSPS) is 10.7. The first-order valence-electron chi connectivity index (χ1n) is 8.41. The molecule has 0 amide bonds. The summed E-state index contributed by atoms with van der Waals surface area (Å²) in [5.74, 6) is -0.0375. The van der Waals surface area contributed by atoms with Crippen molar-refractivity contribution in [2.45, 2.75) is 26.4 Å². The van der Waals surface area contributed by atoms with Crippen LogP contribution in [0.15, 0.2) is 66.4 Å². The van der Waals surface area contributed by atoms with E-state index in [0.717, 1.165) is 10.8 Å². The minimum atomic E-state index is -2.05. The molecular weight excluding hydrogens is 328 g/mol. The Bertz CT molecular complexity index is 788. The van der Waals surface area contributed by atoms with Gasteiger partial charge in [0.2, 0.25) is 0 Å². The van der Waals surface area contributed by atoms with Gasteiger partial charge in [-0.1, -0.05) is 60.7 Å². The molecule has 2 rings (SSSR count). The molecule has 0 heterocycles. The van der Waals surface area contributed by atoms with Gasteiger partial charge in [0.15, 0.2) is 0 Å². The third kappa shape index (κ3) is 4.96. The van der Waals surface area contributed by atoms with E-state index in [4.69, 9.17) is 4.74 Å². The number of hydrogen-bond acceptors (Lipinski definition) is 3. The fourth-order valence-electron chi connectivity index (χ4n) is 2.74. The first-order valence-corrected chi connectivity index (χ1v) is 11.4. The molecule has 25 heavy (non-hydrogen) atoms. The molecular formula is C21H24O3Si. The van der Waals surface area contributed by atoms with Crippen LogP contribution in [0.4, 0.5) is 0 Å². The Hall–Kier alpha value is -2.55. The number of hydrogen-bond donors (Lipinski definition) is 1. The first kappa shape index (κ1) is 18.8. The van der Waals surface area contributed by atoms with Crippen molar-refractivity contribution in [2.75, 3.05) is 6.61 Å². The maximum atomic E-state index is 11.6. The third-order valence-corrected chi connectivity index (χ3v) is 7.54. The van der Waals surface area contributed by atoms with E-state index in [1.54, 1.807) is 25.1 Å². The van der Waals surface area contributed by atoms with Gasteiger partial charge < -0.3 is 9.84 Å². The van der Waals surface area contributed by atoms with E-state index in [2.05, 4.69) is 31.0 Å². The number of phenolic OH excluding ortho intramolecular Hbond substituents is 1. The summed E-state index contributed by atoms with van der Waals surface area (Å²) >= 11 is 0. The van der Waals surface area contributed by atoms with Crippen molar-refractivity contribution < 1.29 is 14.6 Å². The van der Waals surface area contributed by atoms with E-state index in [1.807, 2.05) is 30.3 Å². The molecule has 3 nitrogen and oxygen atoms in total. The molecule has 0 bridgehead atoms. The second-order valence-electron chi connectivity index (χ2n) is 6.27. The number of ether oxygens (including phenoxy) is 1. The fraction of sp³-hybridized carbons (Fsp3) is 0.238. The highest BCUT2D eigenvalue weighted by Gasteiger charge is 2.29. The van der Waals surface area contributed by atoms with Gasteiger partial charge in [-0.3, -0.25) is 4.79 Å². The van der Waals surface area contributed by atoms with Gasteiger partial charge in [-0.25, -0.2) is 0 Å². The SMILES string of the molecule is CCOC(=O)CC=C=C(c1cccc(O)c1)[Si](C)(C)c1ccccc1. The highest BCUT2D eigenvalue weighted by molar-refractivity contribution is 7.04. The highest BCUT2D eigenvalue weighted by atomic mass is 28.3. The molecule has 4 heteroatoms. The zero-order chi connectivity index (χ0) is 18.3. The molecule has 0 saturated heterocycles. The topological polar surface area (TPSA) is 46.5 Å². The van der Waals surface area contributed by atoms with Crippen molar-refractivity contribution in [1.29, 1.82) is 0 Å². The van der Waals surface area contributed by atoms with Crippen LogP contribution >= 0.6 is 0 Å². The van der Waals surface area contributed by atoms with Gasteiger partial charge in [-0.05, 0) is 35.9 Å². The Morgan fingerprint density at radius 1 is 1.16 bits per heavy atom. The van der Waals surface area contributed by atoms with Crippen LogP contribution in [0.1, 0.15) is 18.9 Å². The van der Waals surface area contributed by atoms with Crippen LogP contribution in [0.2, 0.25) is 13.1 Å². The molecule has 0 aliphatic carbocycles. The molecule has 0 aliphatic heterocycles. The standard InChI is InChI=1S/C21H24O3Si/c1-4-24-21(23)15-9-14-20(17-10-8-11-18(22)16-17)25(2,3)19-12-6-5-7-13-19/h5-13,16,22H,4,15H2,1-3H3. The maximum absolute atomic E-state index is 11.6. The molecule has 2 aromatic carbocycles. The van der Waals surface area contributed by atoms with Crippen LogP contribution < -0.4 is 5.19 Å². The van der Waals surface area contributed by atoms with E-state index < -0.39 is 8.07 Å². The molecule has 0 aromatic heterocycles. The van der Waals surface area contributed by atoms with E-state index in [-0.39, 0.29) is 18.1 Å². The number of aromatic hydroxyl groups is 1. The van der Waals surface area contributed by atoms with Crippen LogP contribution in [0.25, 0.3) is 5.20 Å². The number of carbonyl (C=O) groups is 1. The number of rotatable bonds is 6. The van der Waals surface area contributed by atoms with Crippen molar-refractivity contribution in [3.05, 3.63) is 72.0 Å². The van der Waals surface area contributed by atoms with Gasteiger partial charge in [0.1, 0.15) is 13.8 Å². The van der Waals surface area contributed by atoms with E-state index in [9.17, 15) is 9.90 Å². The second-order valence-corrected chi connectivity index (χ2v) is 10.6. The predicted molar refractivity (Wildman–Crippen MR) is 104 cm³/mol. The van der Waals surface area contributed by atoms with Gasteiger partial charge in [-0.2, -0.15) is 0 Å². The van der Waals surface area contributed by atoms with E-state index in [1.165, 1.54) is 5.19 Å². The number of phenols is 1. The Labute approximate surface area is 150 Å². The summed E-state index contributed by atoms with van der Waals surface area (Å²) in [6.07, 6.45) is 1.92. The Morgan fingerprint density at radius 3 is 2.52 bits per heavy atom. The Kier molecular flexibility index (Phi) is 6.40. The lowest BCUT2D eigenvalue weighted by Gasteiger charge is -2.25. The molecule has 0 saturated carbocycles. The van der Waals surface area contributed by atoms with Crippen LogP contribution in [0, 0.1) is 0 Å². The Morgan fingerprint density at radius 2 is 1.88 bits per heavy atom. The molecule has 0 aliphatic rings. The fourth-order valence-corrected chi connectivity index (χ4v) is 5.40. The molecule has 0 unspecified atom stereocenters. The minimum absolute atomic E-state index is 0.190. The number of carbonyl (C=O) groups excluding carboxylic acids is 1. The van der Waals surface area contributed by atoms with Crippen LogP contribution in [0.3, 0.4) is 0 Å².